The Morgan fingerprint density at radius 3 is 2.85 bits per heavy atom. The predicted molar refractivity (Wildman–Crippen MR) is 109 cm³/mol. The lowest BCUT2D eigenvalue weighted by Gasteiger charge is -2.10. The second-order valence-corrected chi connectivity index (χ2v) is 6.80. The van der Waals surface area contributed by atoms with Crippen LogP contribution in [0.2, 0.25) is 0 Å². The van der Waals surface area contributed by atoms with Crippen molar-refractivity contribution in [3.8, 4) is 11.1 Å². The molecule has 0 aliphatic rings. The van der Waals surface area contributed by atoms with Crippen molar-refractivity contribution >= 4 is 43.7 Å². The van der Waals surface area contributed by atoms with Crippen molar-refractivity contribution in [3.05, 3.63) is 60.1 Å². The van der Waals surface area contributed by atoms with E-state index in [1.54, 1.807) is 6.08 Å². The zero-order chi connectivity index (χ0) is 18.3. The van der Waals surface area contributed by atoms with Gasteiger partial charge in [0.2, 0.25) is 0 Å². The summed E-state index contributed by atoms with van der Waals surface area (Å²) in [5.41, 5.74) is 15.8. The lowest BCUT2D eigenvalue weighted by atomic mass is 10.1. The molecule has 0 amide bonds. The van der Waals surface area contributed by atoms with Gasteiger partial charge < -0.3 is 16.0 Å². The molecule has 1 aromatic carbocycles. The van der Waals surface area contributed by atoms with E-state index in [1.807, 2.05) is 35.0 Å². The van der Waals surface area contributed by atoms with E-state index in [9.17, 15) is 0 Å². The Labute approximate surface area is 158 Å². The fourth-order valence-electron chi connectivity index (χ4n) is 3.09. The third-order valence-electron chi connectivity index (χ3n) is 4.38. The predicted octanol–water partition coefficient (Wildman–Crippen LogP) is 3.50. The lowest BCUT2D eigenvalue weighted by Crippen LogP contribution is -2.23. The summed E-state index contributed by atoms with van der Waals surface area (Å²) < 4.78 is 2.83. The van der Waals surface area contributed by atoms with E-state index < -0.39 is 0 Å². The van der Waals surface area contributed by atoms with Crippen molar-refractivity contribution in [1.82, 2.24) is 19.5 Å². The monoisotopic (exact) mass is 408 g/mol. The van der Waals surface area contributed by atoms with Crippen LogP contribution >= 0.6 is 15.9 Å². The maximum atomic E-state index is 6.20. The summed E-state index contributed by atoms with van der Waals surface area (Å²) >= 11 is 3.71. The van der Waals surface area contributed by atoms with Crippen molar-refractivity contribution in [2.45, 2.75) is 12.6 Å². The summed E-state index contributed by atoms with van der Waals surface area (Å²) in [6.07, 6.45) is 5.01. The number of rotatable bonds is 4. The van der Waals surface area contributed by atoms with Crippen LogP contribution in [0, 0.1) is 0 Å². The maximum absolute atomic E-state index is 6.20. The minimum absolute atomic E-state index is 0.208. The van der Waals surface area contributed by atoms with Crippen LogP contribution < -0.4 is 11.5 Å². The van der Waals surface area contributed by atoms with Crippen molar-refractivity contribution < 1.29 is 0 Å². The topological polar surface area (TPSA) is 95.6 Å². The van der Waals surface area contributed by atoms with Crippen molar-refractivity contribution in [1.29, 1.82) is 0 Å². The number of nitrogens with two attached hydrogens (primary N) is 2. The van der Waals surface area contributed by atoms with E-state index in [1.165, 1.54) is 6.33 Å². The number of pyridine rings is 1. The van der Waals surface area contributed by atoms with Crippen molar-refractivity contribution in [3.63, 3.8) is 0 Å². The van der Waals surface area contributed by atoms with Gasteiger partial charge in [0, 0.05) is 35.3 Å². The minimum atomic E-state index is -0.208. The molecule has 1 atom stereocenters. The Bertz CT molecular complexity index is 1130. The third-order valence-corrected chi connectivity index (χ3v) is 5.21. The first kappa shape index (κ1) is 16.7. The molecule has 0 bridgehead atoms. The molecular weight excluding hydrogens is 392 g/mol. The molecule has 1 unspecified atom stereocenters. The number of benzene rings is 1. The smallest absolute Gasteiger partial charge is 0.147 e. The van der Waals surface area contributed by atoms with Crippen LogP contribution in [0.1, 0.15) is 0 Å². The second kappa shape index (κ2) is 6.51. The molecule has 0 aliphatic heterocycles. The van der Waals surface area contributed by atoms with Crippen molar-refractivity contribution in [2.24, 2.45) is 5.73 Å². The number of para-hydroxylation sites is 1. The van der Waals surface area contributed by atoms with Gasteiger partial charge >= 0.3 is 0 Å². The molecule has 4 aromatic rings. The zero-order valence-electron chi connectivity index (χ0n) is 13.9. The average molecular weight is 409 g/mol. The van der Waals surface area contributed by atoms with Gasteiger partial charge in [-0.25, -0.2) is 9.97 Å². The van der Waals surface area contributed by atoms with Crippen molar-refractivity contribution in [2.75, 3.05) is 5.73 Å². The van der Waals surface area contributed by atoms with Crippen LogP contribution in [0.25, 0.3) is 33.1 Å². The van der Waals surface area contributed by atoms with Crippen LogP contribution in [0.3, 0.4) is 0 Å². The van der Waals surface area contributed by atoms with E-state index in [0.717, 1.165) is 37.7 Å². The highest BCUT2D eigenvalue weighted by Gasteiger charge is 2.21. The second-order valence-electron chi connectivity index (χ2n) is 6.05. The number of hydrogen-bond donors (Lipinski definition) is 2. The van der Waals surface area contributed by atoms with E-state index in [-0.39, 0.29) is 6.04 Å². The molecule has 7 heteroatoms. The zero-order valence-corrected chi connectivity index (χ0v) is 15.5. The quantitative estimate of drug-likeness (QED) is 0.503. The van der Waals surface area contributed by atoms with Crippen LogP contribution in [-0.2, 0) is 6.54 Å². The molecule has 0 aliphatic carbocycles. The number of anilines is 1. The Balaban J connectivity index is 2.01. The molecular formula is C19H17BrN6. The fourth-order valence-corrected chi connectivity index (χ4v) is 3.83. The number of halogens is 1. The first-order chi connectivity index (χ1) is 12.6. The van der Waals surface area contributed by atoms with Gasteiger partial charge in [0.25, 0.3) is 0 Å². The Hall–Kier alpha value is -2.77. The van der Waals surface area contributed by atoms with E-state index in [4.69, 9.17) is 11.5 Å². The van der Waals surface area contributed by atoms with Gasteiger partial charge in [0.1, 0.15) is 17.8 Å². The summed E-state index contributed by atoms with van der Waals surface area (Å²) in [4.78, 5) is 13.2. The molecule has 3 aromatic heterocycles. The third kappa shape index (κ3) is 2.65. The number of nitrogens with zero attached hydrogens (tertiary/aromatic N) is 4. The molecule has 0 saturated heterocycles. The summed E-state index contributed by atoms with van der Waals surface area (Å²) in [5, 5.41) is 1.84. The maximum Gasteiger partial charge on any atom is 0.147 e. The first-order valence-electron chi connectivity index (χ1n) is 8.11. The summed E-state index contributed by atoms with van der Waals surface area (Å²) in [7, 11) is 0. The molecule has 6 nitrogen and oxygen atoms in total. The Morgan fingerprint density at radius 1 is 1.23 bits per heavy atom. The molecule has 26 heavy (non-hydrogen) atoms. The highest BCUT2D eigenvalue weighted by atomic mass is 79.9. The molecule has 130 valence electrons. The molecule has 0 spiro atoms. The Morgan fingerprint density at radius 2 is 2.04 bits per heavy atom. The van der Waals surface area contributed by atoms with Crippen LogP contribution in [0.4, 0.5) is 5.82 Å². The van der Waals surface area contributed by atoms with Gasteiger partial charge in [0.15, 0.2) is 0 Å². The van der Waals surface area contributed by atoms with Crippen LogP contribution in [-0.4, -0.2) is 25.6 Å². The summed E-state index contributed by atoms with van der Waals surface area (Å²) in [5.74, 6) is 0.421. The van der Waals surface area contributed by atoms with Crippen LogP contribution in [0.5, 0.6) is 0 Å². The normalized spacial score (nSPS) is 12.5. The highest BCUT2D eigenvalue weighted by Crippen LogP contribution is 2.40. The number of fused-ring (bicyclic) bond motifs is 2. The van der Waals surface area contributed by atoms with Gasteiger partial charge in [-0.1, -0.05) is 24.3 Å². The molecule has 0 radical (unpaired) electrons. The molecule has 3 heterocycles. The SMILES string of the molecule is C=CC(N)Cn1c(Br)c(-c2cnc3ccccc3c2)c2c(N)ncnc21. The lowest BCUT2D eigenvalue weighted by molar-refractivity contribution is 0.636. The van der Waals surface area contributed by atoms with Gasteiger partial charge in [-0.15, -0.1) is 6.58 Å². The van der Waals surface area contributed by atoms with E-state index in [0.29, 0.717) is 12.4 Å². The first-order valence-corrected chi connectivity index (χ1v) is 8.91. The molecule has 0 saturated carbocycles. The Kier molecular flexibility index (Phi) is 4.18. The van der Waals surface area contributed by atoms with Gasteiger partial charge in [0.05, 0.1) is 15.5 Å². The number of aromatic nitrogens is 4. The number of hydrogen-bond acceptors (Lipinski definition) is 5. The molecule has 4 N–H and O–H groups in total. The largest absolute Gasteiger partial charge is 0.383 e. The molecule has 4 rings (SSSR count). The van der Waals surface area contributed by atoms with Gasteiger partial charge in [-0.3, -0.25) is 4.98 Å². The average Bonchev–Trinajstić information content (AvgIpc) is 2.94. The highest BCUT2D eigenvalue weighted by molar-refractivity contribution is 9.10. The van der Waals surface area contributed by atoms with Gasteiger partial charge in [-0.05, 0) is 28.1 Å². The molecule has 0 fully saturated rings. The van der Waals surface area contributed by atoms with Gasteiger partial charge in [-0.2, -0.15) is 0 Å². The van der Waals surface area contributed by atoms with E-state index in [2.05, 4.69) is 43.5 Å². The summed E-state index contributed by atoms with van der Waals surface area (Å²) in [6.45, 7) is 4.29. The van der Waals surface area contributed by atoms with Crippen LogP contribution in [0.15, 0.2) is 60.1 Å². The van der Waals surface area contributed by atoms with E-state index >= 15 is 0 Å². The number of nitrogen functional groups attached to an aromatic ring is 1. The standard InChI is InChI=1S/C19H17BrN6/c1-2-13(21)9-26-17(20)15(16-18(22)24-10-25-19(16)26)12-7-11-5-3-4-6-14(11)23-8-12/h2-8,10,13H,1,9,21H2,(H2,22,24,25). The fraction of sp³-hybridized carbons (Fsp3) is 0.105. The summed E-state index contributed by atoms with van der Waals surface area (Å²) in [6, 6.07) is 9.86. The minimum Gasteiger partial charge on any atom is -0.383 e.